The SMILES string of the molecule is CCC(C)C(NS(=O)(=O)c1cc(C)ccc1C)C(=O)O. The molecule has 2 atom stereocenters. The summed E-state index contributed by atoms with van der Waals surface area (Å²) in [5, 5.41) is 9.18. The highest BCUT2D eigenvalue weighted by atomic mass is 32.2. The van der Waals surface area contributed by atoms with Crippen molar-refractivity contribution in [1.29, 1.82) is 0 Å². The number of sulfonamides is 1. The zero-order valence-electron chi connectivity index (χ0n) is 12.2. The van der Waals surface area contributed by atoms with Gasteiger partial charge in [0.15, 0.2) is 0 Å². The normalized spacial score (nSPS) is 14.8. The molecule has 112 valence electrons. The van der Waals surface area contributed by atoms with E-state index in [1.807, 2.05) is 13.0 Å². The van der Waals surface area contributed by atoms with Gasteiger partial charge in [0.25, 0.3) is 0 Å². The van der Waals surface area contributed by atoms with Gasteiger partial charge in [0.05, 0.1) is 4.90 Å². The van der Waals surface area contributed by atoms with Crippen molar-refractivity contribution in [3.63, 3.8) is 0 Å². The summed E-state index contributed by atoms with van der Waals surface area (Å²) in [7, 11) is -3.84. The number of aliphatic carboxylic acids is 1. The molecule has 0 saturated heterocycles. The fourth-order valence-electron chi connectivity index (χ4n) is 1.87. The molecule has 1 aromatic rings. The molecular formula is C14H21NO4S. The third-order valence-electron chi connectivity index (χ3n) is 3.39. The van der Waals surface area contributed by atoms with E-state index in [1.165, 1.54) is 0 Å². The molecule has 0 fully saturated rings. The third-order valence-corrected chi connectivity index (χ3v) is 4.98. The van der Waals surface area contributed by atoms with Crippen molar-refractivity contribution in [2.75, 3.05) is 0 Å². The number of carboxylic acids is 1. The first-order valence-electron chi connectivity index (χ1n) is 6.51. The monoisotopic (exact) mass is 299 g/mol. The van der Waals surface area contributed by atoms with Crippen molar-refractivity contribution >= 4 is 16.0 Å². The Hall–Kier alpha value is -1.40. The molecule has 0 spiro atoms. The van der Waals surface area contributed by atoms with Crippen molar-refractivity contribution in [3.8, 4) is 0 Å². The minimum Gasteiger partial charge on any atom is -0.480 e. The van der Waals surface area contributed by atoms with Crippen LogP contribution in [0.3, 0.4) is 0 Å². The van der Waals surface area contributed by atoms with E-state index < -0.39 is 22.0 Å². The second-order valence-electron chi connectivity index (χ2n) is 5.09. The van der Waals surface area contributed by atoms with E-state index >= 15 is 0 Å². The molecular weight excluding hydrogens is 278 g/mol. The van der Waals surface area contributed by atoms with Crippen LogP contribution < -0.4 is 4.72 Å². The lowest BCUT2D eigenvalue weighted by atomic mass is 10.0. The number of nitrogens with one attached hydrogen (secondary N) is 1. The zero-order chi connectivity index (χ0) is 15.5. The Morgan fingerprint density at radius 2 is 1.95 bits per heavy atom. The Morgan fingerprint density at radius 3 is 2.45 bits per heavy atom. The minimum atomic E-state index is -3.84. The molecule has 1 rings (SSSR count). The van der Waals surface area contributed by atoms with E-state index in [0.717, 1.165) is 5.56 Å². The van der Waals surface area contributed by atoms with Crippen molar-refractivity contribution < 1.29 is 18.3 Å². The predicted octanol–water partition coefficient (Wildman–Crippen LogP) is 2.08. The molecule has 0 heterocycles. The van der Waals surface area contributed by atoms with E-state index in [0.29, 0.717) is 12.0 Å². The Morgan fingerprint density at radius 1 is 1.35 bits per heavy atom. The van der Waals surface area contributed by atoms with Crippen LogP contribution in [0.2, 0.25) is 0 Å². The highest BCUT2D eigenvalue weighted by Crippen LogP contribution is 2.19. The van der Waals surface area contributed by atoms with Gasteiger partial charge in [0.2, 0.25) is 10.0 Å². The van der Waals surface area contributed by atoms with Gasteiger partial charge in [0, 0.05) is 0 Å². The summed E-state index contributed by atoms with van der Waals surface area (Å²) in [5.41, 5.74) is 1.41. The average molecular weight is 299 g/mol. The molecule has 20 heavy (non-hydrogen) atoms. The molecule has 0 radical (unpaired) electrons. The number of aryl methyl sites for hydroxylation is 2. The molecule has 0 aromatic heterocycles. The number of rotatable bonds is 6. The van der Waals surface area contributed by atoms with Gasteiger partial charge in [-0.2, -0.15) is 4.72 Å². The van der Waals surface area contributed by atoms with Crippen LogP contribution in [-0.2, 0) is 14.8 Å². The van der Waals surface area contributed by atoms with E-state index in [1.54, 1.807) is 32.9 Å². The standard InChI is InChI=1S/C14H21NO4S/c1-5-10(3)13(14(16)17)15-20(18,19)12-8-9(2)6-7-11(12)4/h6-8,10,13,15H,5H2,1-4H3,(H,16,17). The van der Waals surface area contributed by atoms with Gasteiger partial charge < -0.3 is 5.11 Å². The van der Waals surface area contributed by atoms with E-state index in [-0.39, 0.29) is 10.8 Å². The summed E-state index contributed by atoms with van der Waals surface area (Å²) in [5.74, 6) is -1.44. The molecule has 0 bridgehead atoms. The second-order valence-corrected chi connectivity index (χ2v) is 6.77. The predicted molar refractivity (Wildman–Crippen MR) is 77.1 cm³/mol. The first-order chi connectivity index (χ1) is 9.19. The molecule has 0 amide bonds. The number of hydrogen-bond donors (Lipinski definition) is 2. The van der Waals surface area contributed by atoms with Gasteiger partial charge in [-0.15, -0.1) is 0 Å². The van der Waals surface area contributed by atoms with Crippen LogP contribution in [0.4, 0.5) is 0 Å². The topological polar surface area (TPSA) is 83.5 Å². The second kappa shape index (κ2) is 6.37. The number of hydrogen-bond acceptors (Lipinski definition) is 3. The van der Waals surface area contributed by atoms with Gasteiger partial charge in [-0.3, -0.25) is 4.79 Å². The Bertz CT molecular complexity index is 595. The quantitative estimate of drug-likeness (QED) is 0.842. The molecule has 0 aliphatic rings. The molecule has 1 aromatic carbocycles. The summed E-state index contributed by atoms with van der Waals surface area (Å²) in [4.78, 5) is 11.4. The van der Waals surface area contributed by atoms with Crippen molar-refractivity contribution in [1.82, 2.24) is 4.72 Å². The Labute approximate surface area is 120 Å². The average Bonchev–Trinajstić information content (AvgIpc) is 2.37. The molecule has 2 unspecified atom stereocenters. The summed E-state index contributed by atoms with van der Waals surface area (Å²) < 4.78 is 27.0. The maximum atomic E-state index is 12.4. The lowest BCUT2D eigenvalue weighted by Crippen LogP contribution is -2.45. The van der Waals surface area contributed by atoms with Crippen molar-refractivity contribution in [3.05, 3.63) is 29.3 Å². The lowest BCUT2D eigenvalue weighted by molar-refractivity contribution is -0.140. The first-order valence-corrected chi connectivity index (χ1v) is 7.99. The van der Waals surface area contributed by atoms with Crippen LogP contribution >= 0.6 is 0 Å². The van der Waals surface area contributed by atoms with Gasteiger partial charge >= 0.3 is 5.97 Å². The molecule has 6 heteroatoms. The van der Waals surface area contributed by atoms with E-state index in [9.17, 15) is 18.3 Å². The van der Waals surface area contributed by atoms with Crippen LogP contribution in [-0.4, -0.2) is 25.5 Å². The highest BCUT2D eigenvalue weighted by Gasteiger charge is 2.30. The summed E-state index contributed by atoms with van der Waals surface area (Å²) in [6, 6.07) is 3.96. The molecule has 0 aliphatic heterocycles. The maximum absolute atomic E-state index is 12.4. The van der Waals surface area contributed by atoms with Crippen LogP contribution in [0.25, 0.3) is 0 Å². The van der Waals surface area contributed by atoms with Gasteiger partial charge in [-0.25, -0.2) is 8.42 Å². The van der Waals surface area contributed by atoms with Crippen LogP contribution in [0, 0.1) is 19.8 Å². The molecule has 0 saturated carbocycles. The summed E-state index contributed by atoms with van der Waals surface area (Å²) >= 11 is 0. The zero-order valence-corrected chi connectivity index (χ0v) is 13.0. The molecule has 2 N–H and O–H groups in total. The van der Waals surface area contributed by atoms with Crippen LogP contribution in [0.1, 0.15) is 31.4 Å². The van der Waals surface area contributed by atoms with Crippen LogP contribution in [0.15, 0.2) is 23.1 Å². The first kappa shape index (κ1) is 16.7. The van der Waals surface area contributed by atoms with Gasteiger partial charge in [0.1, 0.15) is 6.04 Å². The molecule has 5 nitrogen and oxygen atoms in total. The number of benzene rings is 1. The largest absolute Gasteiger partial charge is 0.480 e. The lowest BCUT2D eigenvalue weighted by Gasteiger charge is -2.20. The van der Waals surface area contributed by atoms with E-state index in [2.05, 4.69) is 4.72 Å². The Balaban J connectivity index is 3.16. The minimum absolute atomic E-state index is 0.132. The fraction of sp³-hybridized carbons (Fsp3) is 0.500. The van der Waals surface area contributed by atoms with Crippen LogP contribution in [0.5, 0.6) is 0 Å². The smallest absolute Gasteiger partial charge is 0.322 e. The van der Waals surface area contributed by atoms with Gasteiger partial charge in [-0.1, -0.05) is 32.4 Å². The maximum Gasteiger partial charge on any atom is 0.322 e. The summed E-state index contributed by atoms with van der Waals surface area (Å²) in [6.07, 6.45) is 0.576. The number of carbonyl (C=O) groups is 1. The summed E-state index contributed by atoms with van der Waals surface area (Å²) in [6.45, 7) is 7.02. The van der Waals surface area contributed by atoms with Gasteiger partial charge in [-0.05, 0) is 37.0 Å². The molecule has 0 aliphatic carbocycles. The third kappa shape index (κ3) is 3.80. The number of carboxylic acid groups (broad SMARTS) is 1. The van der Waals surface area contributed by atoms with Crippen molar-refractivity contribution in [2.24, 2.45) is 5.92 Å². The van der Waals surface area contributed by atoms with Crippen molar-refractivity contribution in [2.45, 2.75) is 45.1 Å². The Kier molecular flexibility index (Phi) is 5.30. The highest BCUT2D eigenvalue weighted by molar-refractivity contribution is 7.89. The fourth-order valence-corrected chi connectivity index (χ4v) is 3.50. The van der Waals surface area contributed by atoms with E-state index in [4.69, 9.17) is 0 Å².